The van der Waals surface area contributed by atoms with Gasteiger partial charge in [-0.3, -0.25) is 9.59 Å². The van der Waals surface area contributed by atoms with Crippen molar-refractivity contribution in [2.75, 3.05) is 13.2 Å². The van der Waals surface area contributed by atoms with E-state index < -0.39 is 6.04 Å². The molecule has 2 amide bonds. The van der Waals surface area contributed by atoms with E-state index in [1.165, 1.54) is 0 Å². The van der Waals surface area contributed by atoms with Gasteiger partial charge in [0.1, 0.15) is 11.8 Å². The number of hydrogen-bond donors (Lipinski definition) is 1. The number of amides is 2. The zero-order chi connectivity index (χ0) is 20.2. The van der Waals surface area contributed by atoms with Crippen LogP contribution in [0.3, 0.4) is 0 Å². The fraction of sp³-hybridized carbons (Fsp3) is 0.391. The molecule has 0 spiro atoms. The molecule has 0 fully saturated rings. The molecule has 2 aromatic rings. The molecule has 1 atom stereocenters. The first-order valence-electron chi connectivity index (χ1n) is 9.94. The van der Waals surface area contributed by atoms with Crippen molar-refractivity contribution >= 4 is 11.8 Å². The molecule has 0 heterocycles. The summed E-state index contributed by atoms with van der Waals surface area (Å²) in [5, 5.41) is 2.85. The molecule has 0 aliphatic heterocycles. The summed E-state index contributed by atoms with van der Waals surface area (Å²) in [5.74, 6) is 0.665. The topological polar surface area (TPSA) is 58.6 Å². The van der Waals surface area contributed by atoms with Crippen LogP contribution in [0.5, 0.6) is 5.75 Å². The monoisotopic (exact) mass is 382 g/mol. The van der Waals surface area contributed by atoms with Gasteiger partial charge in [0.25, 0.3) is 0 Å². The third kappa shape index (κ3) is 6.72. The van der Waals surface area contributed by atoms with Crippen LogP contribution >= 0.6 is 0 Å². The lowest BCUT2D eigenvalue weighted by atomic mass is 10.1. The maximum atomic E-state index is 13.0. The number of likely N-dealkylation sites (N-methyl/N-ethyl adjacent to an activating group) is 1. The van der Waals surface area contributed by atoms with E-state index in [2.05, 4.69) is 5.32 Å². The van der Waals surface area contributed by atoms with Gasteiger partial charge in [0.15, 0.2) is 0 Å². The van der Waals surface area contributed by atoms with Crippen LogP contribution in [0.4, 0.5) is 0 Å². The summed E-state index contributed by atoms with van der Waals surface area (Å²) in [6.45, 7) is 5.26. The molecule has 0 saturated carbocycles. The molecular formula is C23H30N2O3. The van der Waals surface area contributed by atoms with E-state index >= 15 is 0 Å². The van der Waals surface area contributed by atoms with E-state index in [4.69, 9.17) is 4.74 Å². The van der Waals surface area contributed by atoms with E-state index in [-0.39, 0.29) is 11.8 Å². The number of para-hydroxylation sites is 1. The number of carbonyl (C=O) groups excluding carboxylic acids is 2. The molecule has 2 rings (SSSR count). The smallest absolute Gasteiger partial charge is 0.242 e. The molecule has 0 aliphatic carbocycles. The van der Waals surface area contributed by atoms with Crippen LogP contribution in [0.15, 0.2) is 60.7 Å². The summed E-state index contributed by atoms with van der Waals surface area (Å²) in [7, 11) is 0. The highest BCUT2D eigenvalue weighted by molar-refractivity contribution is 5.87. The van der Waals surface area contributed by atoms with E-state index in [1.807, 2.05) is 74.5 Å². The van der Waals surface area contributed by atoms with Gasteiger partial charge in [-0.1, -0.05) is 55.5 Å². The minimum Gasteiger partial charge on any atom is -0.494 e. The minimum absolute atomic E-state index is 0.0291. The number of nitrogens with one attached hydrogen (secondary N) is 1. The van der Waals surface area contributed by atoms with Crippen molar-refractivity contribution in [2.24, 2.45) is 0 Å². The molecule has 1 unspecified atom stereocenters. The zero-order valence-corrected chi connectivity index (χ0v) is 16.8. The molecule has 1 N–H and O–H groups in total. The highest BCUT2D eigenvalue weighted by Crippen LogP contribution is 2.15. The summed E-state index contributed by atoms with van der Waals surface area (Å²) in [6.07, 6.45) is 1.52. The molecule has 28 heavy (non-hydrogen) atoms. The van der Waals surface area contributed by atoms with E-state index in [0.717, 1.165) is 11.3 Å². The number of hydrogen-bond acceptors (Lipinski definition) is 3. The molecular weight excluding hydrogens is 352 g/mol. The Bertz CT molecular complexity index is 719. The molecule has 0 aliphatic rings. The van der Waals surface area contributed by atoms with Gasteiger partial charge in [-0.2, -0.15) is 0 Å². The number of rotatable bonds is 11. The normalized spacial score (nSPS) is 11.5. The number of carbonyl (C=O) groups is 2. The Labute approximate surface area is 167 Å². The van der Waals surface area contributed by atoms with Gasteiger partial charge in [-0.25, -0.2) is 0 Å². The quantitative estimate of drug-likeness (QED) is 0.602. The zero-order valence-electron chi connectivity index (χ0n) is 16.8. The summed E-state index contributed by atoms with van der Waals surface area (Å²) >= 11 is 0. The van der Waals surface area contributed by atoms with Crippen LogP contribution in [0.25, 0.3) is 0 Å². The Morgan fingerprint density at radius 2 is 1.64 bits per heavy atom. The summed E-state index contributed by atoms with van der Waals surface area (Å²) in [4.78, 5) is 27.2. The van der Waals surface area contributed by atoms with Crippen molar-refractivity contribution in [2.45, 2.75) is 45.7 Å². The second-order valence-electron chi connectivity index (χ2n) is 6.59. The maximum Gasteiger partial charge on any atom is 0.242 e. The highest BCUT2D eigenvalue weighted by atomic mass is 16.5. The molecule has 150 valence electrons. The van der Waals surface area contributed by atoms with Gasteiger partial charge in [-0.05, 0) is 37.5 Å². The second-order valence-corrected chi connectivity index (χ2v) is 6.59. The van der Waals surface area contributed by atoms with Gasteiger partial charge in [0.05, 0.1) is 6.61 Å². The lowest BCUT2D eigenvalue weighted by Crippen LogP contribution is -2.49. The van der Waals surface area contributed by atoms with Crippen LogP contribution in [0, 0.1) is 0 Å². The highest BCUT2D eigenvalue weighted by Gasteiger charge is 2.27. The largest absolute Gasteiger partial charge is 0.494 e. The molecule has 2 aromatic carbocycles. The average molecular weight is 383 g/mol. The molecule has 5 heteroatoms. The van der Waals surface area contributed by atoms with Crippen molar-refractivity contribution in [3.8, 4) is 5.75 Å². The first kappa shape index (κ1) is 21.5. The van der Waals surface area contributed by atoms with E-state index in [1.54, 1.807) is 4.90 Å². The number of ether oxygens (including phenoxy) is 1. The lowest BCUT2D eigenvalue weighted by molar-refractivity contribution is -0.141. The average Bonchev–Trinajstić information content (AvgIpc) is 2.72. The Morgan fingerprint density at radius 1 is 1.00 bits per heavy atom. The Morgan fingerprint density at radius 3 is 2.25 bits per heavy atom. The predicted octanol–water partition coefficient (Wildman–Crippen LogP) is 3.79. The first-order valence-corrected chi connectivity index (χ1v) is 9.94. The van der Waals surface area contributed by atoms with Crippen molar-refractivity contribution in [1.29, 1.82) is 0 Å². The van der Waals surface area contributed by atoms with Crippen LogP contribution in [-0.2, 0) is 16.1 Å². The standard InChI is InChI=1S/C23H30N2O3/c1-3-21(23(27)24-4-2)25(18-19-12-7-5-8-13-19)22(26)16-11-17-28-20-14-9-6-10-15-20/h5-10,12-15,21H,3-4,11,16-18H2,1-2H3,(H,24,27). The second kappa shape index (κ2) is 11.8. The summed E-state index contributed by atoms with van der Waals surface area (Å²) in [5.41, 5.74) is 1.01. The van der Waals surface area contributed by atoms with Crippen molar-refractivity contribution in [3.05, 3.63) is 66.2 Å². The van der Waals surface area contributed by atoms with Gasteiger partial charge in [0, 0.05) is 19.5 Å². The Hall–Kier alpha value is -2.82. The lowest BCUT2D eigenvalue weighted by Gasteiger charge is -2.30. The summed E-state index contributed by atoms with van der Waals surface area (Å²) in [6, 6.07) is 18.9. The number of benzene rings is 2. The van der Waals surface area contributed by atoms with Crippen molar-refractivity contribution < 1.29 is 14.3 Å². The van der Waals surface area contributed by atoms with Crippen molar-refractivity contribution in [1.82, 2.24) is 10.2 Å². The molecule has 0 radical (unpaired) electrons. The van der Waals surface area contributed by atoms with Gasteiger partial charge in [-0.15, -0.1) is 0 Å². The van der Waals surface area contributed by atoms with Gasteiger partial charge >= 0.3 is 0 Å². The molecule has 0 saturated heterocycles. The van der Waals surface area contributed by atoms with Crippen LogP contribution in [-0.4, -0.2) is 35.9 Å². The molecule has 0 aromatic heterocycles. The fourth-order valence-corrected chi connectivity index (χ4v) is 3.07. The van der Waals surface area contributed by atoms with Crippen LogP contribution < -0.4 is 10.1 Å². The van der Waals surface area contributed by atoms with Crippen LogP contribution in [0.1, 0.15) is 38.7 Å². The third-order valence-electron chi connectivity index (χ3n) is 4.48. The maximum absolute atomic E-state index is 13.0. The van der Waals surface area contributed by atoms with Crippen LogP contribution in [0.2, 0.25) is 0 Å². The first-order chi connectivity index (χ1) is 13.7. The number of nitrogens with zero attached hydrogens (tertiary/aromatic N) is 1. The summed E-state index contributed by atoms with van der Waals surface area (Å²) < 4.78 is 5.68. The third-order valence-corrected chi connectivity index (χ3v) is 4.48. The molecule has 5 nitrogen and oxygen atoms in total. The van der Waals surface area contributed by atoms with Gasteiger partial charge < -0.3 is 15.0 Å². The SMILES string of the molecule is CCNC(=O)C(CC)N(Cc1ccccc1)C(=O)CCCOc1ccccc1. The minimum atomic E-state index is -0.470. The van der Waals surface area contributed by atoms with Crippen molar-refractivity contribution in [3.63, 3.8) is 0 Å². The molecule has 0 bridgehead atoms. The van der Waals surface area contributed by atoms with E-state index in [0.29, 0.717) is 39.0 Å². The van der Waals surface area contributed by atoms with Gasteiger partial charge in [0.2, 0.25) is 11.8 Å². The Balaban J connectivity index is 1.99. The fourth-order valence-electron chi connectivity index (χ4n) is 3.07. The Kier molecular flexibility index (Phi) is 9.05. The predicted molar refractivity (Wildman–Crippen MR) is 111 cm³/mol. The van der Waals surface area contributed by atoms with E-state index in [9.17, 15) is 9.59 Å².